The molecule has 108 valence electrons. The van der Waals surface area contributed by atoms with Gasteiger partial charge >= 0.3 is 0 Å². The van der Waals surface area contributed by atoms with E-state index < -0.39 is 5.82 Å². The van der Waals surface area contributed by atoms with Crippen LogP contribution in [0.4, 0.5) is 4.39 Å². The van der Waals surface area contributed by atoms with Crippen molar-refractivity contribution in [2.75, 3.05) is 0 Å². The van der Waals surface area contributed by atoms with E-state index in [2.05, 4.69) is 20.9 Å². The Morgan fingerprint density at radius 3 is 2.57 bits per heavy atom. The van der Waals surface area contributed by atoms with Gasteiger partial charge in [-0.2, -0.15) is 0 Å². The first-order valence-corrected chi connectivity index (χ1v) is 7.97. The number of nitrogens with zero attached hydrogens (tertiary/aromatic N) is 2. The monoisotopic (exact) mass is 406 g/mol. The largest absolute Gasteiger partial charge is 0.295 e. The summed E-state index contributed by atoms with van der Waals surface area (Å²) in [6.45, 7) is 0. The van der Waals surface area contributed by atoms with Crippen molar-refractivity contribution >= 4 is 61.8 Å². The Kier molecular flexibility index (Phi) is 4.14. The van der Waals surface area contributed by atoms with E-state index in [0.717, 1.165) is 10.2 Å². The van der Waals surface area contributed by atoms with Gasteiger partial charge < -0.3 is 0 Å². The van der Waals surface area contributed by atoms with Gasteiger partial charge in [0, 0.05) is 16.2 Å². The van der Waals surface area contributed by atoms with Crippen LogP contribution in [0.2, 0.25) is 10.0 Å². The molecule has 0 atom stereocenters. The zero-order valence-electron chi connectivity index (χ0n) is 10.4. The van der Waals surface area contributed by atoms with Gasteiger partial charge in [-0.15, -0.1) is 11.6 Å². The summed E-state index contributed by atoms with van der Waals surface area (Å²) in [5.41, 5.74) is 1.95. The fourth-order valence-corrected chi connectivity index (χ4v) is 2.88. The number of hydrogen-bond acceptors (Lipinski definition) is 1. The minimum Gasteiger partial charge on any atom is -0.295 e. The quantitative estimate of drug-likeness (QED) is 0.478. The highest BCUT2D eigenvalue weighted by atomic mass is 79.9. The predicted octanol–water partition coefficient (Wildman–Crippen LogP) is 5.97. The predicted molar refractivity (Wildman–Crippen MR) is 88.3 cm³/mol. The summed E-state index contributed by atoms with van der Waals surface area (Å²) in [6.07, 6.45) is 0. The maximum atomic E-state index is 13.6. The molecule has 0 saturated heterocycles. The first kappa shape index (κ1) is 15.1. The minimum atomic E-state index is -0.510. The topological polar surface area (TPSA) is 17.8 Å². The smallest absolute Gasteiger partial charge is 0.144 e. The van der Waals surface area contributed by atoms with Crippen molar-refractivity contribution < 1.29 is 4.39 Å². The Hall–Kier alpha value is -0.810. The average Bonchev–Trinajstić information content (AvgIpc) is 2.80. The molecular weight excluding hydrogens is 401 g/mol. The molecule has 7 heteroatoms. The fourth-order valence-electron chi connectivity index (χ4n) is 2.12. The van der Waals surface area contributed by atoms with Gasteiger partial charge in [0.15, 0.2) is 0 Å². The lowest BCUT2D eigenvalue weighted by atomic mass is 10.2. The van der Waals surface area contributed by atoms with Gasteiger partial charge in [0.05, 0.1) is 27.0 Å². The second kappa shape index (κ2) is 5.76. The standard InChI is InChI=1S/C14H7BrCl3FN2/c15-8-2-1-7(3-9(8)17)21-13-4-10(18)11(19)5-12(13)20-14(21)6-16/h1-5H,6H2. The Labute approximate surface area is 143 Å². The van der Waals surface area contributed by atoms with Gasteiger partial charge in [-0.25, -0.2) is 9.37 Å². The van der Waals surface area contributed by atoms with Crippen molar-refractivity contribution in [3.63, 3.8) is 0 Å². The molecule has 0 aliphatic carbocycles. The van der Waals surface area contributed by atoms with Gasteiger partial charge in [-0.3, -0.25) is 4.57 Å². The summed E-state index contributed by atoms with van der Waals surface area (Å²) in [4.78, 5) is 4.34. The third-order valence-corrected chi connectivity index (χ3v) is 4.81. The third kappa shape index (κ3) is 2.66. The van der Waals surface area contributed by atoms with Crippen molar-refractivity contribution in [1.29, 1.82) is 0 Å². The Balaban J connectivity index is 2.34. The SMILES string of the molecule is Fc1cc2nc(CCl)n(-c3ccc(Br)c(Cl)c3)c2cc1Cl. The van der Waals surface area contributed by atoms with Gasteiger partial charge in [-0.05, 0) is 40.2 Å². The number of hydrogen-bond donors (Lipinski definition) is 0. The molecule has 2 nitrogen and oxygen atoms in total. The van der Waals surface area contributed by atoms with Crippen molar-refractivity contribution in [3.8, 4) is 5.69 Å². The number of imidazole rings is 1. The van der Waals surface area contributed by atoms with Crippen molar-refractivity contribution in [2.24, 2.45) is 0 Å². The average molecular weight is 408 g/mol. The first-order valence-electron chi connectivity index (χ1n) is 5.89. The normalized spacial score (nSPS) is 11.3. The highest BCUT2D eigenvalue weighted by Gasteiger charge is 2.15. The second-order valence-corrected chi connectivity index (χ2v) is 6.29. The Morgan fingerprint density at radius 2 is 1.90 bits per heavy atom. The molecule has 0 spiro atoms. The molecule has 2 aromatic carbocycles. The molecule has 1 heterocycles. The fraction of sp³-hybridized carbons (Fsp3) is 0.0714. The lowest BCUT2D eigenvalue weighted by Gasteiger charge is -2.09. The summed E-state index contributed by atoms with van der Waals surface area (Å²) < 4.78 is 16.2. The molecule has 0 saturated carbocycles. The summed E-state index contributed by atoms with van der Waals surface area (Å²) in [5.74, 6) is 0.261. The zero-order valence-corrected chi connectivity index (χ0v) is 14.2. The molecule has 0 unspecified atom stereocenters. The van der Waals surface area contributed by atoms with E-state index in [1.165, 1.54) is 12.1 Å². The number of benzene rings is 2. The van der Waals surface area contributed by atoms with Gasteiger partial charge in [-0.1, -0.05) is 23.2 Å². The first-order chi connectivity index (χ1) is 10.0. The molecule has 3 aromatic rings. The molecule has 0 aliphatic heterocycles. The molecule has 0 radical (unpaired) electrons. The molecule has 0 bridgehead atoms. The maximum absolute atomic E-state index is 13.6. The van der Waals surface area contributed by atoms with Crippen LogP contribution in [0.15, 0.2) is 34.8 Å². The van der Waals surface area contributed by atoms with Crippen molar-refractivity contribution in [1.82, 2.24) is 9.55 Å². The number of halogens is 5. The van der Waals surface area contributed by atoms with Crippen LogP contribution in [0.25, 0.3) is 16.7 Å². The minimum absolute atomic E-state index is 0.0352. The number of fused-ring (bicyclic) bond motifs is 1. The van der Waals surface area contributed by atoms with E-state index in [0.29, 0.717) is 21.9 Å². The van der Waals surface area contributed by atoms with E-state index >= 15 is 0 Å². The van der Waals surface area contributed by atoms with Crippen LogP contribution >= 0.6 is 50.7 Å². The molecule has 0 fully saturated rings. The lowest BCUT2D eigenvalue weighted by Crippen LogP contribution is -1.99. The maximum Gasteiger partial charge on any atom is 0.144 e. The van der Waals surface area contributed by atoms with Crippen LogP contribution in [0.3, 0.4) is 0 Å². The van der Waals surface area contributed by atoms with Crippen LogP contribution in [0, 0.1) is 5.82 Å². The lowest BCUT2D eigenvalue weighted by molar-refractivity contribution is 0.630. The second-order valence-electron chi connectivity index (χ2n) is 4.35. The highest BCUT2D eigenvalue weighted by Crippen LogP contribution is 2.30. The summed E-state index contributed by atoms with van der Waals surface area (Å²) >= 11 is 21.3. The van der Waals surface area contributed by atoms with E-state index in [-0.39, 0.29) is 10.9 Å². The highest BCUT2D eigenvalue weighted by molar-refractivity contribution is 9.10. The summed E-state index contributed by atoms with van der Waals surface area (Å²) in [5, 5.41) is 0.594. The van der Waals surface area contributed by atoms with E-state index in [1.54, 1.807) is 6.07 Å². The molecule has 21 heavy (non-hydrogen) atoms. The van der Waals surface area contributed by atoms with Gasteiger partial charge in [0.25, 0.3) is 0 Å². The zero-order chi connectivity index (χ0) is 15.1. The van der Waals surface area contributed by atoms with E-state index in [9.17, 15) is 4.39 Å². The van der Waals surface area contributed by atoms with Gasteiger partial charge in [0.2, 0.25) is 0 Å². The van der Waals surface area contributed by atoms with Crippen molar-refractivity contribution in [3.05, 3.63) is 56.5 Å². The molecule has 0 amide bonds. The Morgan fingerprint density at radius 1 is 1.14 bits per heavy atom. The number of alkyl halides is 1. The molecular formula is C14H7BrCl3FN2. The van der Waals surface area contributed by atoms with E-state index in [1.807, 2.05) is 16.7 Å². The van der Waals surface area contributed by atoms with Gasteiger partial charge in [0.1, 0.15) is 11.6 Å². The van der Waals surface area contributed by atoms with Crippen LogP contribution in [0.5, 0.6) is 0 Å². The molecule has 0 aliphatic rings. The number of aromatic nitrogens is 2. The third-order valence-electron chi connectivity index (χ3n) is 3.05. The van der Waals surface area contributed by atoms with Crippen LogP contribution in [0.1, 0.15) is 5.82 Å². The van der Waals surface area contributed by atoms with Crippen LogP contribution < -0.4 is 0 Å². The summed E-state index contributed by atoms with van der Waals surface area (Å²) in [6, 6.07) is 8.30. The number of rotatable bonds is 2. The molecule has 1 aromatic heterocycles. The van der Waals surface area contributed by atoms with E-state index in [4.69, 9.17) is 34.8 Å². The Bertz CT molecular complexity index is 848. The van der Waals surface area contributed by atoms with Crippen LogP contribution in [-0.4, -0.2) is 9.55 Å². The summed E-state index contributed by atoms with van der Waals surface area (Å²) in [7, 11) is 0. The molecule has 0 N–H and O–H groups in total. The molecule has 3 rings (SSSR count). The van der Waals surface area contributed by atoms with Crippen molar-refractivity contribution in [2.45, 2.75) is 5.88 Å². The van der Waals surface area contributed by atoms with Crippen LogP contribution in [-0.2, 0) is 5.88 Å².